The van der Waals surface area contributed by atoms with E-state index in [1.54, 1.807) is 30.3 Å². The molecule has 0 saturated heterocycles. The number of ether oxygens (including phenoxy) is 2. The molecule has 0 fully saturated rings. The number of rotatable bonds is 6. The van der Waals surface area contributed by atoms with Gasteiger partial charge in [-0.05, 0) is 35.1 Å². The van der Waals surface area contributed by atoms with Crippen LogP contribution in [-0.2, 0) is 0 Å². The minimum atomic E-state index is -1.11. The molecular weight excluding hydrogens is 356 g/mol. The lowest BCUT2D eigenvalue weighted by Gasteiger charge is -2.20. The predicted molar refractivity (Wildman–Crippen MR) is 112 cm³/mol. The van der Waals surface area contributed by atoms with E-state index < -0.39 is 6.10 Å². The molecular formula is C23H33O5+. The highest BCUT2D eigenvalue weighted by Crippen LogP contribution is 2.37. The Bertz CT molecular complexity index is 732. The van der Waals surface area contributed by atoms with Gasteiger partial charge < -0.3 is 24.8 Å². The van der Waals surface area contributed by atoms with Gasteiger partial charge in [0.1, 0.15) is 23.4 Å². The molecule has 28 heavy (non-hydrogen) atoms. The van der Waals surface area contributed by atoms with Gasteiger partial charge in [0.05, 0.1) is 24.8 Å². The molecule has 0 aliphatic carbocycles. The summed E-state index contributed by atoms with van der Waals surface area (Å²) in [6.07, 6.45) is -1.11. The van der Waals surface area contributed by atoms with E-state index >= 15 is 0 Å². The van der Waals surface area contributed by atoms with E-state index in [9.17, 15) is 10.2 Å². The highest BCUT2D eigenvalue weighted by Gasteiger charge is 2.22. The second kappa shape index (κ2) is 8.31. The quantitative estimate of drug-likeness (QED) is 0.698. The Kier molecular flexibility index (Phi) is 6.50. The summed E-state index contributed by atoms with van der Waals surface area (Å²) in [6.45, 7) is 13.5. The Morgan fingerprint density at radius 3 is 1.71 bits per heavy atom. The van der Waals surface area contributed by atoms with Crippen molar-refractivity contribution in [1.29, 1.82) is 0 Å². The van der Waals surface area contributed by atoms with E-state index in [0.717, 1.165) is 0 Å². The summed E-state index contributed by atoms with van der Waals surface area (Å²) in [6, 6.07) is 9.82. The summed E-state index contributed by atoms with van der Waals surface area (Å²) in [4.78, 5) is 0. The molecule has 5 heteroatoms. The van der Waals surface area contributed by atoms with Crippen molar-refractivity contribution in [2.45, 2.75) is 47.6 Å². The van der Waals surface area contributed by atoms with Crippen LogP contribution in [-0.4, -0.2) is 28.5 Å². The number of phenolic OH excluding ortho intramolecular Hbond substituents is 1. The summed E-state index contributed by atoms with van der Waals surface area (Å²) >= 11 is 0. The van der Waals surface area contributed by atoms with E-state index in [1.165, 1.54) is 6.07 Å². The molecule has 2 aromatic rings. The molecule has 0 spiro atoms. The van der Waals surface area contributed by atoms with E-state index in [0.29, 0.717) is 35.8 Å². The molecule has 0 saturated carbocycles. The lowest BCUT2D eigenvalue weighted by atomic mass is 9.98. The van der Waals surface area contributed by atoms with Crippen molar-refractivity contribution in [2.24, 2.45) is 10.8 Å². The number of hydrogen-bond donors (Lipinski definition) is 2. The smallest absolute Gasteiger partial charge is 0.263 e. The van der Waals surface area contributed by atoms with Crippen molar-refractivity contribution in [2.75, 3.05) is 13.2 Å². The van der Waals surface area contributed by atoms with Crippen molar-refractivity contribution in [1.82, 2.24) is 0 Å². The lowest BCUT2D eigenvalue weighted by molar-refractivity contribution is 0.194. The highest BCUT2D eigenvalue weighted by molar-refractivity contribution is 5.49. The number of aliphatic hydroxyl groups excluding tert-OH is 1. The maximum atomic E-state index is 10.7. The van der Waals surface area contributed by atoms with E-state index in [4.69, 9.17) is 14.6 Å². The van der Waals surface area contributed by atoms with Crippen LogP contribution in [0.15, 0.2) is 36.4 Å². The Hall–Kier alpha value is -2.40. The first-order chi connectivity index (χ1) is 12.9. The molecule has 0 aliphatic heterocycles. The van der Waals surface area contributed by atoms with Crippen LogP contribution in [0.3, 0.4) is 0 Å². The van der Waals surface area contributed by atoms with Gasteiger partial charge in [0.15, 0.2) is 0 Å². The molecule has 2 rings (SSSR count). The maximum absolute atomic E-state index is 10.7. The van der Waals surface area contributed by atoms with Gasteiger partial charge in [0, 0.05) is 11.6 Å². The first-order valence-corrected chi connectivity index (χ1v) is 9.48. The zero-order valence-corrected chi connectivity index (χ0v) is 17.7. The number of phenols is 1. The third-order valence-corrected chi connectivity index (χ3v) is 3.96. The largest absolute Gasteiger partial charge is 0.593 e. The molecule has 0 aromatic heterocycles. The zero-order valence-electron chi connectivity index (χ0n) is 17.7. The monoisotopic (exact) mass is 389 g/mol. The van der Waals surface area contributed by atoms with E-state index in [1.807, 2.05) is 0 Å². The van der Waals surface area contributed by atoms with Crippen molar-refractivity contribution in [3.05, 3.63) is 47.5 Å². The molecule has 1 atom stereocenters. The standard InChI is InChI=1S/C23H32O5/c1-22(2,3)13-27-15-7-9-17(19(24)11-15)21(26)18-10-8-16(12-20(18)25)28-14-23(4,5)6/h7-12,21,24-26H,13-14H2,1-6H3/p+1. The topological polar surface area (TPSA) is 81.8 Å². The van der Waals surface area contributed by atoms with Crippen LogP contribution in [0.1, 0.15) is 58.8 Å². The molecule has 5 nitrogen and oxygen atoms in total. The third kappa shape index (κ3) is 6.34. The molecule has 0 amide bonds. The molecule has 0 radical (unpaired) electrons. The second-order valence-electron chi connectivity index (χ2n) is 9.57. The number of hydrogen-bond acceptors (Lipinski definition) is 4. The molecule has 0 heterocycles. The number of benzene rings is 2. The number of aromatic hydroxyl groups is 1. The van der Waals surface area contributed by atoms with Gasteiger partial charge >= 0.3 is 0 Å². The van der Waals surface area contributed by atoms with Crippen LogP contribution in [0.25, 0.3) is 0 Å². The van der Waals surface area contributed by atoms with Gasteiger partial charge in [-0.25, -0.2) is 0 Å². The van der Waals surface area contributed by atoms with Gasteiger partial charge in [-0.2, -0.15) is 0 Å². The SMILES string of the molecule is CC(C)(C)COc1ccc(C(O)c2ccc(OCC(C)(C)C)cc2[OH2+])c(O)c1. The molecule has 0 aliphatic rings. The predicted octanol–water partition coefficient (Wildman–Crippen LogP) is 4.76. The maximum Gasteiger partial charge on any atom is 0.263 e. The van der Waals surface area contributed by atoms with Crippen LogP contribution < -0.4 is 9.47 Å². The van der Waals surface area contributed by atoms with Gasteiger partial charge in [-0.3, -0.25) is 0 Å². The normalized spacial score (nSPS) is 13.2. The van der Waals surface area contributed by atoms with Crippen molar-refractivity contribution < 1.29 is 24.8 Å². The van der Waals surface area contributed by atoms with Gasteiger partial charge in [-0.15, -0.1) is 0 Å². The fourth-order valence-electron chi connectivity index (χ4n) is 2.48. The zero-order chi connectivity index (χ0) is 21.1. The van der Waals surface area contributed by atoms with E-state index in [2.05, 4.69) is 41.5 Å². The summed E-state index contributed by atoms with van der Waals surface area (Å²) in [7, 11) is 0. The number of aliphatic hydroxyl groups is 1. The minimum absolute atomic E-state index is 0.00469. The van der Waals surface area contributed by atoms with Crippen LogP contribution in [0.5, 0.6) is 23.0 Å². The van der Waals surface area contributed by atoms with Crippen molar-refractivity contribution in [3.63, 3.8) is 0 Å². The Labute approximate surface area is 167 Å². The summed E-state index contributed by atoms with van der Waals surface area (Å²) in [5, 5.41) is 29.3. The molecule has 2 aromatic carbocycles. The molecule has 4 N–H and O–H groups in total. The van der Waals surface area contributed by atoms with Crippen LogP contribution in [0, 0.1) is 10.8 Å². The van der Waals surface area contributed by atoms with Gasteiger partial charge in [-0.1, -0.05) is 41.5 Å². The Morgan fingerprint density at radius 1 is 0.821 bits per heavy atom. The fraction of sp³-hybridized carbons (Fsp3) is 0.478. The summed E-state index contributed by atoms with van der Waals surface area (Å²) in [5.41, 5.74) is 0.759. The van der Waals surface area contributed by atoms with Gasteiger partial charge in [0.25, 0.3) is 5.75 Å². The summed E-state index contributed by atoms with van der Waals surface area (Å²) in [5.74, 6) is 1.23. The van der Waals surface area contributed by atoms with Crippen LogP contribution in [0.2, 0.25) is 0 Å². The molecule has 0 bridgehead atoms. The fourth-order valence-corrected chi connectivity index (χ4v) is 2.48. The van der Waals surface area contributed by atoms with Crippen LogP contribution >= 0.6 is 0 Å². The van der Waals surface area contributed by atoms with Crippen molar-refractivity contribution in [3.8, 4) is 23.0 Å². The lowest BCUT2D eigenvalue weighted by Crippen LogP contribution is -2.17. The second-order valence-corrected chi connectivity index (χ2v) is 9.57. The molecule has 1 unspecified atom stereocenters. The minimum Gasteiger partial charge on any atom is -0.593 e. The van der Waals surface area contributed by atoms with Crippen LogP contribution in [0.4, 0.5) is 0 Å². The Morgan fingerprint density at radius 2 is 1.29 bits per heavy atom. The average Bonchev–Trinajstić information content (AvgIpc) is 2.56. The van der Waals surface area contributed by atoms with Gasteiger partial charge in [0.2, 0.25) is 0 Å². The third-order valence-electron chi connectivity index (χ3n) is 3.96. The first-order valence-electron chi connectivity index (χ1n) is 9.48. The molecule has 154 valence electrons. The Balaban J connectivity index is 2.15. The average molecular weight is 390 g/mol. The van der Waals surface area contributed by atoms with E-state index in [-0.39, 0.29) is 22.3 Å². The summed E-state index contributed by atoms with van der Waals surface area (Å²) < 4.78 is 11.4. The highest BCUT2D eigenvalue weighted by atomic mass is 16.5. The van der Waals surface area contributed by atoms with Crippen molar-refractivity contribution >= 4 is 0 Å². The first kappa shape index (κ1) is 21.9.